The number of alkyl halides is 1. The van der Waals surface area contributed by atoms with Gasteiger partial charge in [0.1, 0.15) is 11.9 Å². The minimum atomic E-state index is -1.14. The fourth-order valence-electron chi connectivity index (χ4n) is 2.73. The molecule has 1 N–H and O–H groups in total. The molecule has 0 heterocycles. The molecule has 1 rings (SSSR count). The Hall–Kier alpha value is -0.730. The Kier molecular flexibility index (Phi) is 10.4. The van der Waals surface area contributed by atoms with Gasteiger partial charge >= 0.3 is 0 Å². The maximum absolute atomic E-state index is 9.85. The zero-order valence-electron chi connectivity index (χ0n) is 15.4. The van der Waals surface area contributed by atoms with Crippen LogP contribution in [0.3, 0.4) is 0 Å². The normalized spacial score (nSPS) is 15.0. The Morgan fingerprint density at radius 3 is 2.17 bits per heavy atom. The molecule has 24 heavy (non-hydrogen) atoms. The van der Waals surface area contributed by atoms with Crippen LogP contribution in [-0.2, 0) is 6.42 Å². The van der Waals surface area contributed by atoms with E-state index >= 15 is 0 Å². The highest BCUT2D eigenvalue weighted by Crippen LogP contribution is 2.31. The second-order valence-electron chi connectivity index (χ2n) is 6.67. The first-order valence-electron chi connectivity index (χ1n) is 9.50. The largest absolute Gasteiger partial charge is 0.469 e. The third-order valence-corrected chi connectivity index (χ3v) is 4.92. The number of aliphatic hydroxyl groups is 1. The fourth-order valence-corrected chi connectivity index (χ4v) is 2.96. The number of rotatable bonds is 13. The van der Waals surface area contributed by atoms with E-state index in [0.717, 1.165) is 19.3 Å². The zero-order chi connectivity index (χ0) is 17.8. The van der Waals surface area contributed by atoms with Crippen molar-refractivity contribution in [3.63, 3.8) is 0 Å². The molecule has 0 aliphatic carbocycles. The number of ether oxygens (including phenoxy) is 1. The van der Waals surface area contributed by atoms with Crippen molar-refractivity contribution in [2.24, 2.45) is 0 Å². The van der Waals surface area contributed by atoms with Crippen LogP contribution in [0.2, 0.25) is 0 Å². The van der Waals surface area contributed by atoms with E-state index in [1.807, 2.05) is 12.1 Å². The molecule has 0 aliphatic heterocycles. The first-order chi connectivity index (χ1) is 11.5. The van der Waals surface area contributed by atoms with Gasteiger partial charge in [-0.25, -0.2) is 0 Å². The van der Waals surface area contributed by atoms with Crippen molar-refractivity contribution in [3.05, 3.63) is 36.8 Å². The lowest BCUT2D eigenvalue weighted by Crippen LogP contribution is -2.40. The number of unbranched alkanes of at least 4 members (excludes halogenated alkanes) is 6. The van der Waals surface area contributed by atoms with E-state index in [0.29, 0.717) is 12.2 Å². The fraction of sp³-hybridized carbons (Fsp3) is 0.667. The molecule has 0 bridgehead atoms. The Balaban J connectivity index is 2.45. The summed E-state index contributed by atoms with van der Waals surface area (Å²) >= 11 is 6.44. The van der Waals surface area contributed by atoms with Gasteiger partial charge in [-0.2, -0.15) is 0 Å². The molecule has 137 valence electrons. The van der Waals surface area contributed by atoms with Gasteiger partial charge in [0, 0.05) is 6.42 Å². The summed E-state index contributed by atoms with van der Waals surface area (Å²) in [5, 5.41) is 8.71. The highest BCUT2D eigenvalue weighted by Gasteiger charge is 2.34. The number of hydrogen-bond acceptors (Lipinski definition) is 2. The SMILES string of the molecule is [CH2]C(O)C(Cl)(CCCC)Oc1ccc(CCCCCCCC)cc1. The van der Waals surface area contributed by atoms with Crippen molar-refractivity contribution in [2.75, 3.05) is 0 Å². The molecule has 0 amide bonds. The first kappa shape index (κ1) is 21.3. The molecular formula is C21H34ClO2. The molecular weight excluding hydrogens is 320 g/mol. The van der Waals surface area contributed by atoms with Crippen LogP contribution in [-0.4, -0.2) is 16.3 Å². The minimum absolute atomic E-state index is 0.579. The Morgan fingerprint density at radius 1 is 1.00 bits per heavy atom. The minimum Gasteiger partial charge on any atom is -0.469 e. The summed E-state index contributed by atoms with van der Waals surface area (Å²) in [5.41, 5.74) is 1.32. The van der Waals surface area contributed by atoms with Gasteiger partial charge in [0.2, 0.25) is 5.06 Å². The van der Waals surface area contributed by atoms with Crippen LogP contribution in [0.25, 0.3) is 0 Å². The van der Waals surface area contributed by atoms with Crippen LogP contribution in [0.1, 0.15) is 77.2 Å². The Morgan fingerprint density at radius 2 is 1.58 bits per heavy atom. The van der Waals surface area contributed by atoms with Crippen LogP contribution in [0.5, 0.6) is 5.75 Å². The number of aryl methyl sites for hydroxylation is 1. The van der Waals surface area contributed by atoms with E-state index in [1.54, 1.807) is 0 Å². The second-order valence-corrected chi connectivity index (χ2v) is 7.31. The third-order valence-electron chi connectivity index (χ3n) is 4.40. The van der Waals surface area contributed by atoms with Gasteiger partial charge in [-0.15, -0.1) is 0 Å². The van der Waals surface area contributed by atoms with Gasteiger partial charge in [0.05, 0.1) is 0 Å². The van der Waals surface area contributed by atoms with E-state index in [-0.39, 0.29) is 0 Å². The van der Waals surface area contributed by atoms with Crippen LogP contribution in [0, 0.1) is 6.92 Å². The summed E-state index contributed by atoms with van der Waals surface area (Å²) < 4.78 is 5.84. The summed E-state index contributed by atoms with van der Waals surface area (Å²) in [5.74, 6) is 0.690. The highest BCUT2D eigenvalue weighted by molar-refractivity contribution is 6.23. The quantitative estimate of drug-likeness (QED) is 0.333. The predicted octanol–water partition coefficient (Wildman–Crippen LogP) is 6.29. The average molecular weight is 354 g/mol. The van der Waals surface area contributed by atoms with Crippen LogP contribution < -0.4 is 4.74 Å². The van der Waals surface area contributed by atoms with E-state index < -0.39 is 11.2 Å². The van der Waals surface area contributed by atoms with Gasteiger partial charge in [0.25, 0.3) is 0 Å². The highest BCUT2D eigenvalue weighted by atomic mass is 35.5. The summed E-state index contributed by atoms with van der Waals surface area (Å²) in [6.45, 7) is 7.98. The van der Waals surface area contributed by atoms with Gasteiger partial charge < -0.3 is 9.84 Å². The second kappa shape index (κ2) is 11.8. The molecule has 2 nitrogen and oxygen atoms in total. The van der Waals surface area contributed by atoms with Crippen molar-refractivity contribution in [2.45, 2.75) is 89.2 Å². The van der Waals surface area contributed by atoms with Crippen LogP contribution in [0.4, 0.5) is 0 Å². The summed E-state index contributed by atoms with van der Waals surface area (Å²) in [6.07, 6.45) is 10.5. The van der Waals surface area contributed by atoms with Gasteiger partial charge in [0.15, 0.2) is 0 Å². The maximum atomic E-state index is 9.85. The molecule has 2 unspecified atom stereocenters. The number of aliphatic hydroxyl groups excluding tert-OH is 1. The first-order valence-corrected chi connectivity index (χ1v) is 9.87. The van der Waals surface area contributed by atoms with Crippen molar-refractivity contribution in [3.8, 4) is 5.75 Å². The Bertz CT molecular complexity index is 430. The van der Waals surface area contributed by atoms with E-state index in [1.165, 1.54) is 44.1 Å². The lowest BCUT2D eigenvalue weighted by Gasteiger charge is -2.31. The molecule has 0 saturated carbocycles. The summed E-state index contributed by atoms with van der Waals surface area (Å²) in [7, 11) is 0. The lowest BCUT2D eigenvalue weighted by molar-refractivity contribution is 0.0248. The molecule has 1 aromatic rings. The van der Waals surface area contributed by atoms with Crippen LogP contribution in [0.15, 0.2) is 24.3 Å². The van der Waals surface area contributed by atoms with Crippen molar-refractivity contribution in [1.82, 2.24) is 0 Å². The summed E-state index contributed by atoms with van der Waals surface area (Å²) in [6, 6.07) is 8.07. The molecule has 0 saturated heterocycles. The average Bonchev–Trinajstić information content (AvgIpc) is 2.57. The monoisotopic (exact) mass is 353 g/mol. The number of benzene rings is 1. The van der Waals surface area contributed by atoms with Crippen molar-refractivity contribution in [1.29, 1.82) is 0 Å². The maximum Gasteiger partial charge on any atom is 0.207 e. The lowest BCUT2D eigenvalue weighted by atomic mass is 10.0. The Labute approximate surface area is 153 Å². The van der Waals surface area contributed by atoms with Crippen molar-refractivity contribution < 1.29 is 9.84 Å². The number of halogens is 1. The number of hydrogen-bond donors (Lipinski definition) is 1. The summed E-state index contributed by atoms with van der Waals surface area (Å²) in [4.78, 5) is 0. The molecule has 0 fully saturated rings. The third kappa shape index (κ3) is 7.90. The molecule has 1 aromatic carbocycles. The van der Waals surface area contributed by atoms with Gasteiger partial charge in [-0.3, -0.25) is 0 Å². The molecule has 0 aromatic heterocycles. The molecule has 3 heteroatoms. The standard InChI is InChI=1S/C21H34ClO2/c1-4-6-8-9-10-11-12-19-13-15-20(16-14-19)24-21(22,18(3)23)17-7-5-2/h13-16,18,23H,3-12,17H2,1-2H3. The molecule has 0 spiro atoms. The van der Waals surface area contributed by atoms with Gasteiger partial charge in [-0.05, 0) is 43.9 Å². The van der Waals surface area contributed by atoms with Crippen LogP contribution >= 0.6 is 11.6 Å². The van der Waals surface area contributed by atoms with E-state index in [2.05, 4.69) is 32.9 Å². The van der Waals surface area contributed by atoms with Gasteiger partial charge in [-0.1, -0.05) is 76.1 Å². The van der Waals surface area contributed by atoms with E-state index in [9.17, 15) is 5.11 Å². The zero-order valence-corrected chi connectivity index (χ0v) is 16.2. The van der Waals surface area contributed by atoms with Crippen molar-refractivity contribution >= 4 is 11.6 Å². The smallest absolute Gasteiger partial charge is 0.207 e. The molecule has 2 atom stereocenters. The predicted molar refractivity (Wildman–Crippen MR) is 104 cm³/mol. The molecule has 1 radical (unpaired) electrons. The molecule has 0 aliphatic rings. The van der Waals surface area contributed by atoms with E-state index in [4.69, 9.17) is 16.3 Å². The topological polar surface area (TPSA) is 29.5 Å².